The molecule has 0 saturated heterocycles. The number of ether oxygens (including phenoxy) is 2. The fraction of sp³-hybridized carbons (Fsp3) is 0.667. The highest BCUT2D eigenvalue weighted by molar-refractivity contribution is 7.99. The molecule has 0 spiro atoms. The van der Waals surface area contributed by atoms with Crippen molar-refractivity contribution in [1.29, 1.82) is 0 Å². The molecule has 172 valence electrons. The van der Waals surface area contributed by atoms with Crippen molar-refractivity contribution in [2.24, 2.45) is 0 Å². The van der Waals surface area contributed by atoms with Crippen LogP contribution in [0.2, 0.25) is 0 Å². The van der Waals surface area contributed by atoms with Crippen LogP contribution in [-0.4, -0.2) is 55.3 Å². The van der Waals surface area contributed by atoms with Crippen LogP contribution in [0.25, 0.3) is 0 Å². The van der Waals surface area contributed by atoms with Crippen molar-refractivity contribution in [3.05, 3.63) is 10.0 Å². The number of amides is 2. The molecule has 0 aliphatic carbocycles. The number of aryl methyl sites for hydroxylation is 2. The molecule has 0 aliphatic heterocycles. The smallest absolute Gasteiger partial charge is 0.414 e. The van der Waals surface area contributed by atoms with Crippen LogP contribution in [0.15, 0.2) is 0 Å². The molecule has 0 bridgehead atoms. The van der Waals surface area contributed by atoms with Crippen LogP contribution in [-0.2, 0) is 22.3 Å². The molecule has 0 saturated carbocycles. The number of carbonyl (C=O) groups excluding carboxylic acids is 2. The van der Waals surface area contributed by atoms with E-state index in [2.05, 4.69) is 31.0 Å². The number of anilines is 2. The average Bonchev–Trinajstić information content (AvgIpc) is 3.20. The normalized spacial score (nSPS) is 11.8. The van der Waals surface area contributed by atoms with E-state index >= 15 is 0 Å². The Balaban J connectivity index is 1.65. The summed E-state index contributed by atoms with van der Waals surface area (Å²) >= 11 is 4.43. The van der Waals surface area contributed by atoms with Gasteiger partial charge >= 0.3 is 12.2 Å². The SMILES string of the molecule is CC(C)(C)OC(=O)Nc1nnc(CCSCCc2nnc(NC(=O)OC(C)(C)C)s2)s1. The third kappa shape index (κ3) is 10.7. The average molecular weight is 489 g/mol. The molecule has 0 unspecified atom stereocenters. The Kier molecular flexibility index (Phi) is 9.01. The summed E-state index contributed by atoms with van der Waals surface area (Å²) in [5.74, 6) is 1.73. The molecule has 10 nitrogen and oxygen atoms in total. The van der Waals surface area contributed by atoms with Gasteiger partial charge in [0.15, 0.2) is 0 Å². The van der Waals surface area contributed by atoms with Crippen molar-refractivity contribution in [2.45, 2.75) is 65.6 Å². The van der Waals surface area contributed by atoms with Crippen LogP contribution in [0.4, 0.5) is 19.9 Å². The number of rotatable bonds is 8. The lowest BCUT2D eigenvalue weighted by Crippen LogP contribution is -2.27. The molecular formula is C18H28N6O4S3. The largest absolute Gasteiger partial charge is 0.444 e. The number of carbonyl (C=O) groups is 2. The zero-order valence-corrected chi connectivity index (χ0v) is 20.9. The highest BCUT2D eigenvalue weighted by atomic mass is 32.2. The molecule has 0 aliphatic rings. The van der Waals surface area contributed by atoms with Crippen LogP contribution in [0.1, 0.15) is 51.6 Å². The zero-order chi connectivity index (χ0) is 23.1. The maximum atomic E-state index is 11.8. The molecule has 31 heavy (non-hydrogen) atoms. The van der Waals surface area contributed by atoms with Crippen LogP contribution >= 0.6 is 34.4 Å². The van der Waals surface area contributed by atoms with Gasteiger partial charge in [0.1, 0.15) is 21.2 Å². The quantitative estimate of drug-likeness (QED) is 0.512. The molecule has 2 amide bonds. The first-order valence-electron chi connectivity index (χ1n) is 9.62. The fourth-order valence-corrected chi connectivity index (χ4v) is 4.60. The Morgan fingerprint density at radius 1 is 0.774 bits per heavy atom. The van der Waals surface area contributed by atoms with Gasteiger partial charge < -0.3 is 9.47 Å². The first kappa shape index (κ1) is 25.3. The second-order valence-corrected chi connectivity index (χ2v) is 11.7. The Morgan fingerprint density at radius 2 is 1.16 bits per heavy atom. The summed E-state index contributed by atoms with van der Waals surface area (Å²) in [6.07, 6.45) is 0.420. The van der Waals surface area contributed by atoms with E-state index < -0.39 is 23.4 Å². The topological polar surface area (TPSA) is 128 Å². The van der Waals surface area contributed by atoms with E-state index in [0.29, 0.717) is 10.3 Å². The molecule has 2 aromatic heterocycles. The minimum absolute atomic E-state index is 0.424. The Hall–Kier alpha value is -1.99. The lowest BCUT2D eigenvalue weighted by Gasteiger charge is -2.18. The second kappa shape index (κ2) is 11.0. The molecular weight excluding hydrogens is 460 g/mol. The van der Waals surface area contributed by atoms with Gasteiger partial charge in [-0.3, -0.25) is 10.6 Å². The van der Waals surface area contributed by atoms with E-state index in [4.69, 9.17) is 9.47 Å². The van der Waals surface area contributed by atoms with Gasteiger partial charge in [0.05, 0.1) is 0 Å². The Morgan fingerprint density at radius 3 is 1.52 bits per heavy atom. The minimum atomic E-state index is -0.562. The van der Waals surface area contributed by atoms with Gasteiger partial charge in [0, 0.05) is 12.8 Å². The summed E-state index contributed by atoms with van der Waals surface area (Å²) in [5, 5.41) is 23.8. The van der Waals surface area contributed by atoms with Gasteiger partial charge in [0.2, 0.25) is 10.3 Å². The lowest BCUT2D eigenvalue weighted by molar-refractivity contribution is 0.0624. The molecule has 2 heterocycles. The van der Waals surface area contributed by atoms with Gasteiger partial charge in [0.25, 0.3) is 0 Å². The van der Waals surface area contributed by atoms with E-state index in [0.717, 1.165) is 34.4 Å². The molecule has 0 fully saturated rings. The van der Waals surface area contributed by atoms with E-state index in [1.165, 1.54) is 22.7 Å². The maximum absolute atomic E-state index is 11.8. The third-order valence-electron chi connectivity index (χ3n) is 3.07. The van der Waals surface area contributed by atoms with Gasteiger partial charge in [-0.2, -0.15) is 11.8 Å². The number of nitrogens with zero attached hydrogens (tertiary/aromatic N) is 4. The first-order chi connectivity index (χ1) is 14.4. The van der Waals surface area contributed by atoms with Crippen molar-refractivity contribution < 1.29 is 19.1 Å². The highest BCUT2D eigenvalue weighted by Crippen LogP contribution is 2.21. The molecule has 2 rings (SSSR count). The Labute approximate surface area is 193 Å². The van der Waals surface area contributed by atoms with Crippen molar-refractivity contribution in [3.8, 4) is 0 Å². The van der Waals surface area contributed by atoms with Gasteiger partial charge in [-0.05, 0) is 53.0 Å². The van der Waals surface area contributed by atoms with Crippen LogP contribution < -0.4 is 10.6 Å². The monoisotopic (exact) mass is 488 g/mol. The minimum Gasteiger partial charge on any atom is -0.444 e. The summed E-state index contributed by atoms with van der Waals surface area (Å²) in [7, 11) is 0. The Bertz CT molecular complexity index is 802. The third-order valence-corrected chi connectivity index (χ3v) is 5.85. The predicted octanol–water partition coefficient (Wildman–Crippen LogP) is 4.60. The van der Waals surface area contributed by atoms with Gasteiger partial charge in [-0.25, -0.2) is 9.59 Å². The van der Waals surface area contributed by atoms with Gasteiger partial charge in [-0.1, -0.05) is 22.7 Å². The molecule has 2 aromatic rings. The van der Waals surface area contributed by atoms with E-state index in [1.807, 2.05) is 0 Å². The van der Waals surface area contributed by atoms with Crippen LogP contribution in [0, 0.1) is 0 Å². The van der Waals surface area contributed by atoms with Crippen molar-refractivity contribution in [2.75, 3.05) is 22.1 Å². The molecule has 0 aromatic carbocycles. The number of hydrogen-bond donors (Lipinski definition) is 2. The fourth-order valence-electron chi connectivity index (χ4n) is 2.01. The number of nitrogens with one attached hydrogen (secondary N) is 2. The number of hydrogen-bond acceptors (Lipinski definition) is 11. The summed E-state index contributed by atoms with van der Waals surface area (Å²) < 4.78 is 10.4. The predicted molar refractivity (Wildman–Crippen MR) is 124 cm³/mol. The van der Waals surface area contributed by atoms with E-state index in [1.54, 1.807) is 53.3 Å². The number of aromatic nitrogens is 4. The van der Waals surface area contributed by atoms with E-state index in [9.17, 15) is 9.59 Å². The summed E-state index contributed by atoms with van der Waals surface area (Å²) in [6, 6.07) is 0. The van der Waals surface area contributed by atoms with Crippen LogP contribution in [0.3, 0.4) is 0 Å². The molecule has 13 heteroatoms. The molecule has 0 atom stereocenters. The molecule has 0 radical (unpaired) electrons. The summed E-state index contributed by atoms with van der Waals surface area (Å²) in [4.78, 5) is 23.5. The number of thioether (sulfide) groups is 1. The van der Waals surface area contributed by atoms with Crippen LogP contribution in [0.5, 0.6) is 0 Å². The lowest BCUT2D eigenvalue weighted by atomic mass is 10.2. The van der Waals surface area contributed by atoms with Crippen molar-refractivity contribution in [3.63, 3.8) is 0 Å². The molecule has 2 N–H and O–H groups in total. The second-order valence-electron chi connectivity index (χ2n) is 8.37. The maximum Gasteiger partial charge on any atom is 0.414 e. The van der Waals surface area contributed by atoms with Crippen molar-refractivity contribution in [1.82, 2.24) is 20.4 Å². The van der Waals surface area contributed by atoms with E-state index in [-0.39, 0.29) is 0 Å². The van der Waals surface area contributed by atoms with Crippen molar-refractivity contribution >= 4 is 56.9 Å². The summed E-state index contributed by atoms with van der Waals surface area (Å²) in [5.41, 5.74) is -1.12. The standard InChI is InChI=1S/C18H28N6O4S3/c1-17(2,3)27-15(25)19-13-23-21-11(30-13)7-9-29-10-8-12-22-24-14(31-12)20-16(26)28-18(4,5)6/h7-10H2,1-6H3,(H,19,23,25)(H,20,24,26). The zero-order valence-electron chi connectivity index (χ0n) is 18.5. The summed E-state index contributed by atoms with van der Waals surface area (Å²) in [6.45, 7) is 10.8. The first-order valence-corrected chi connectivity index (χ1v) is 12.4. The van der Waals surface area contributed by atoms with Gasteiger partial charge in [-0.15, -0.1) is 20.4 Å². The highest BCUT2D eigenvalue weighted by Gasteiger charge is 2.18.